The van der Waals surface area contributed by atoms with Crippen molar-refractivity contribution in [2.45, 2.75) is 71.8 Å². The summed E-state index contributed by atoms with van der Waals surface area (Å²) in [5, 5.41) is 14.1. The minimum absolute atomic E-state index is 0.143. The van der Waals surface area contributed by atoms with Crippen LogP contribution in [0.4, 0.5) is 9.59 Å². The molecule has 1 heterocycles. The van der Waals surface area contributed by atoms with Gasteiger partial charge in [0.2, 0.25) is 0 Å². The minimum atomic E-state index is -0.829. The number of amides is 4. The third kappa shape index (κ3) is 4.98. The van der Waals surface area contributed by atoms with Gasteiger partial charge in [-0.1, -0.05) is 6.07 Å². The summed E-state index contributed by atoms with van der Waals surface area (Å²) in [6.45, 7) is 11.5. The maximum atomic E-state index is 13.3. The number of ether oxygens (including phenoxy) is 2. The minimum Gasteiger partial charge on any atom is -0.493 e. The molecule has 2 N–H and O–H groups in total. The molecule has 1 aromatic carbocycles. The highest BCUT2D eigenvalue weighted by Gasteiger charge is 2.55. The van der Waals surface area contributed by atoms with Gasteiger partial charge in [-0.3, -0.25) is 10.1 Å². The molecule has 1 atom stereocenters. The summed E-state index contributed by atoms with van der Waals surface area (Å²) in [6.07, 6.45) is -0.248. The number of carbonyl (C=O) groups is 2. The van der Waals surface area contributed by atoms with Crippen LogP contribution in [0.25, 0.3) is 0 Å². The molecule has 0 bridgehead atoms. The van der Waals surface area contributed by atoms with E-state index in [9.17, 15) is 14.8 Å². The first-order valence-corrected chi connectivity index (χ1v) is 10.5. The molecule has 1 aliphatic heterocycles. The number of carbonyl (C=O) groups excluding carboxylic acids is 2. The summed E-state index contributed by atoms with van der Waals surface area (Å²) in [5.41, 5.74) is 0.167. The summed E-state index contributed by atoms with van der Waals surface area (Å²) in [7, 11) is 3.16. The molecule has 0 spiro atoms. The van der Waals surface area contributed by atoms with E-state index in [0.717, 1.165) is 5.56 Å². The second-order valence-corrected chi connectivity index (χ2v) is 8.85. The van der Waals surface area contributed by atoms with Crippen molar-refractivity contribution in [3.05, 3.63) is 23.8 Å². The molecule has 9 heteroatoms. The van der Waals surface area contributed by atoms with Gasteiger partial charge >= 0.3 is 12.1 Å². The Bertz CT molecular complexity index is 796. The van der Waals surface area contributed by atoms with E-state index in [1.807, 2.05) is 59.7 Å². The summed E-state index contributed by atoms with van der Waals surface area (Å²) in [5.74, 6) is 1.27. The van der Waals surface area contributed by atoms with Crippen LogP contribution in [0.5, 0.6) is 11.5 Å². The second-order valence-electron chi connectivity index (χ2n) is 8.85. The van der Waals surface area contributed by atoms with E-state index in [1.165, 1.54) is 0 Å². The highest BCUT2D eigenvalue weighted by atomic mass is 16.5. The zero-order valence-electron chi connectivity index (χ0n) is 19.8. The van der Waals surface area contributed by atoms with Crippen molar-refractivity contribution in [2.24, 2.45) is 0 Å². The Balaban J connectivity index is 2.28. The van der Waals surface area contributed by atoms with Gasteiger partial charge in [-0.2, -0.15) is 5.06 Å². The lowest BCUT2D eigenvalue weighted by Gasteiger charge is -2.39. The molecule has 0 unspecified atom stereocenters. The van der Waals surface area contributed by atoms with Crippen molar-refractivity contribution in [1.29, 1.82) is 0 Å². The highest BCUT2D eigenvalue weighted by molar-refractivity contribution is 5.81. The van der Waals surface area contributed by atoms with Gasteiger partial charge in [0.05, 0.1) is 19.8 Å². The third-order valence-corrected chi connectivity index (χ3v) is 5.52. The van der Waals surface area contributed by atoms with Gasteiger partial charge in [0.15, 0.2) is 17.7 Å². The number of urea groups is 2. The van der Waals surface area contributed by atoms with E-state index in [2.05, 4.69) is 5.32 Å². The van der Waals surface area contributed by atoms with Gasteiger partial charge in [-0.15, -0.1) is 0 Å². The van der Waals surface area contributed by atoms with Crippen LogP contribution in [0.15, 0.2) is 18.2 Å². The average Bonchev–Trinajstić information content (AvgIpc) is 2.90. The fourth-order valence-corrected chi connectivity index (χ4v) is 3.98. The standard InChI is InChI=1S/C22H36N4O5/c1-14(2)23-20(27)26(29)19-22(5,6)24(21(28)25(19)15(3)4)12-11-16-9-10-17(30-7)18(13-16)31-8/h9-10,13-15,19,29H,11-12H2,1-8H3,(H,23,27)/t19-/m0/s1. The molecule has 174 valence electrons. The molecular formula is C22H36N4O5. The Morgan fingerprint density at radius 2 is 1.81 bits per heavy atom. The topological polar surface area (TPSA) is 94.6 Å². The SMILES string of the molecule is COc1ccc(CCN2C(=O)N(C(C)C)[C@@H](N(O)C(=O)NC(C)C)C2(C)C)cc1OC. The van der Waals surface area contributed by atoms with Crippen LogP contribution in [0.1, 0.15) is 47.1 Å². The van der Waals surface area contributed by atoms with Crippen LogP contribution in [-0.4, -0.2) is 76.7 Å². The second kappa shape index (κ2) is 9.64. The molecule has 4 amide bonds. The Hall–Kier alpha value is -2.68. The van der Waals surface area contributed by atoms with Gasteiger partial charge in [-0.05, 0) is 65.7 Å². The lowest BCUT2D eigenvalue weighted by Crippen LogP contribution is -2.60. The van der Waals surface area contributed by atoms with Crippen LogP contribution >= 0.6 is 0 Å². The molecule has 0 aromatic heterocycles. The molecule has 1 saturated heterocycles. The number of hydrogen-bond donors (Lipinski definition) is 2. The Morgan fingerprint density at radius 3 is 2.32 bits per heavy atom. The maximum absolute atomic E-state index is 13.3. The van der Waals surface area contributed by atoms with Crippen molar-refractivity contribution in [3.63, 3.8) is 0 Å². The smallest absolute Gasteiger partial charge is 0.343 e. The Kier molecular flexibility index (Phi) is 7.64. The van der Waals surface area contributed by atoms with Crippen LogP contribution in [-0.2, 0) is 6.42 Å². The van der Waals surface area contributed by atoms with Gasteiger partial charge in [0, 0.05) is 18.6 Å². The van der Waals surface area contributed by atoms with Crippen LogP contribution in [0, 0.1) is 0 Å². The quantitative estimate of drug-likeness (QED) is 0.482. The third-order valence-electron chi connectivity index (χ3n) is 5.52. The number of rotatable bonds is 8. The lowest BCUT2D eigenvalue weighted by atomic mass is 9.98. The predicted octanol–water partition coefficient (Wildman–Crippen LogP) is 3.31. The van der Waals surface area contributed by atoms with Crippen LogP contribution < -0.4 is 14.8 Å². The Labute approximate surface area is 184 Å². The summed E-state index contributed by atoms with van der Waals surface area (Å²) in [4.78, 5) is 29.1. The van der Waals surface area contributed by atoms with Crippen molar-refractivity contribution in [2.75, 3.05) is 20.8 Å². The van der Waals surface area contributed by atoms with E-state index in [-0.39, 0.29) is 18.1 Å². The highest BCUT2D eigenvalue weighted by Crippen LogP contribution is 2.36. The molecule has 9 nitrogen and oxygen atoms in total. The first-order valence-electron chi connectivity index (χ1n) is 10.5. The van der Waals surface area contributed by atoms with Crippen molar-refractivity contribution >= 4 is 12.1 Å². The normalized spacial score (nSPS) is 18.0. The molecule has 0 saturated carbocycles. The zero-order chi connectivity index (χ0) is 23.5. The Morgan fingerprint density at radius 1 is 1.19 bits per heavy atom. The lowest BCUT2D eigenvalue weighted by molar-refractivity contribution is -0.137. The molecule has 2 rings (SSSR count). The fraction of sp³-hybridized carbons (Fsp3) is 0.636. The zero-order valence-corrected chi connectivity index (χ0v) is 19.8. The predicted molar refractivity (Wildman–Crippen MR) is 117 cm³/mol. The van der Waals surface area contributed by atoms with Crippen LogP contribution in [0.2, 0.25) is 0 Å². The van der Waals surface area contributed by atoms with E-state index in [1.54, 1.807) is 24.0 Å². The monoisotopic (exact) mass is 436 g/mol. The van der Waals surface area contributed by atoms with E-state index in [4.69, 9.17) is 9.47 Å². The first kappa shape index (κ1) is 24.6. The number of hydrogen-bond acceptors (Lipinski definition) is 5. The average molecular weight is 437 g/mol. The molecule has 1 fully saturated rings. The fourth-order valence-electron chi connectivity index (χ4n) is 3.98. The van der Waals surface area contributed by atoms with Crippen molar-refractivity contribution in [1.82, 2.24) is 20.2 Å². The number of hydroxylamine groups is 2. The van der Waals surface area contributed by atoms with E-state index < -0.39 is 17.7 Å². The van der Waals surface area contributed by atoms with Crippen molar-refractivity contribution < 1.29 is 24.3 Å². The number of nitrogens with zero attached hydrogens (tertiary/aromatic N) is 3. The number of nitrogens with one attached hydrogen (secondary N) is 1. The first-order chi connectivity index (χ1) is 14.4. The van der Waals surface area contributed by atoms with Gasteiger partial charge < -0.3 is 19.7 Å². The molecule has 1 aromatic rings. The van der Waals surface area contributed by atoms with Gasteiger partial charge in [0.25, 0.3) is 0 Å². The number of methoxy groups -OCH3 is 2. The summed E-state index contributed by atoms with van der Waals surface area (Å²) >= 11 is 0. The number of benzene rings is 1. The largest absolute Gasteiger partial charge is 0.493 e. The maximum Gasteiger partial charge on any atom is 0.343 e. The van der Waals surface area contributed by atoms with Gasteiger partial charge in [0.1, 0.15) is 0 Å². The summed E-state index contributed by atoms with van der Waals surface area (Å²) in [6, 6.07) is 4.45. The summed E-state index contributed by atoms with van der Waals surface area (Å²) < 4.78 is 10.7. The van der Waals surface area contributed by atoms with E-state index in [0.29, 0.717) is 29.5 Å². The van der Waals surface area contributed by atoms with E-state index >= 15 is 0 Å². The molecule has 1 aliphatic rings. The molecule has 0 radical (unpaired) electrons. The van der Waals surface area contributed by atoms with Crippen LogP contribution in [0.3, 0.4) is 0 Å². The molecule has 0 aliphatic carbocycles. The van der Waals surface area contributed by atoms with Gasteiger partial charge in [-0.25, -0.2) is 9.59 Å². The molecule has 31 heavy (non-hydrogen) atoms. The molecular weight excluding hydrogens is 400 g/mol. The van der Waals surface area contributed by atoms with Crippen molar-refractivity contribution in [3.8, 4) is 11.5 Å².